The average Bonchev–Trinajstić information content (AvgIpc) is 2.64. The van der Waals surface area contributed by atoms with Gasteiger partial charge in [-0.25, -0.2) is 18.4 Å². The molecular formula is C17H19N3O6S. The number of ether oxygens (including phenoxy) is 1. The average molecular weight is 393 g/mol. The van der Waals surface area contributed by atoms with Gasteiger partial charge in [-0.2, -0.15) is 0 Å². The molecule has 0 aromatic heterocycles. The first-order valence-electron chi connectivity index (χ1n) is 8.03. The molecule has 2 aromatic carbocycles. The van der Waals surface area contributed by atoms with E-state index in [4.69, 9.17) is 9.88 Å². The maximum Gasteiger partial charge on any atom is 0.414 e. The largest absolute Gasteiger partial charge is 0.444 e. The van der Waals surface area contributed by atoms with Gasteiger partial charge in [0, 0.05) is 18.7 Å². The van der Waals surface area contributed by atoms with Gasteiger partial charge in [0.1, 0.15) is 11.5 Å². The Balaban J connectivity index is 2.37. The van der Waals surface area contributed by atoms with Crippen molar-refractivity contribution in [1.82, 2.24) is 0 Å². The smallest absolute Gasteiger partial charge is 0.414 e. The highest BCUT2D eigenvalue weighted by molar-refractivity contribution is 7.89. The molecule has 0 aliphatic carbocycles. The number of hydrogen-bond acceptors (Lipinski definition) is 6. The van der Waals surface area contributed by atoms with Crippen LogP contribution in [-0.4, -0.2) is 26.0 Å². The Morgan fingerprint density at radius 3 is 2.44 bits per heavy atom. The van der Waals surface area contributed by atoms with E-state index in [-0.39, 0.29) is 18.8 Å². The first-order valence-corrected chi connectivity index (χ1v) is 9.58. The number of rotatable bonds is 7. The summed E-state index contributed by atoms with van der Waals surface area (Å²) in [5.41, 5.74) is 0.248. The van der Waals surface area contributed by atoms with Crippen molar-refractivity contribution in [3.05, 3.63) is 64.2 Å². The summed E-state index contributed by atoms with van der Waals surface area (Å²) in [6.07, 6.45) is -0.277. The quantitative estimate of drug-likeness (QED) is 0.568. The molecule has 9 nitrogen and oxygen atoms in total. The van der Waals surface area contributed by atoms with E-state index in [1.807, 2.05) is 6.07 Å². The van der Waals surface area contributed by atoms with Gasteiger partial charge in [-0.1, -0.05) is 37.3 Å². The van der Waals surface area contributed by atoms with Gasteiger partial charge in [0.05, 0.1) is 10.6 Å². The normalized spacial score (nSPS) is 11.0. The van der Waals surface area contributed by atoms with Crippen LogP contribution >= 0.6 is 0 Å². The highest BCUT2D eigenvalue weighted by Gasteiger charge is 2.26. The zero-order chi connectivity index (χ0) is 20.0. The summed E-state index contributed by atoms with van der Waals surface area (Å²) in [6, 6.07) is 12.1. The van der Waals surface area contributed by atoms with Crippen LogP contribution in [0.5, 0.6) is 0 Å². The van der Waals surface area contributed by atoms with E-state index in [1.165, 1.54) is 6.07 Å². The van der Waals surface area contributed by atoms with E-state index in [9.17, 15) is 23.3 Å². The highest BCUT2D eigenvalue weighted by atomic mass is 32.2. The highest BCUT2D eigenvalue weighted by Crippen LogP contribution is 2.29. The molecule has 0 spiro atoms. The van der Waals surface area contributed by atoms with Crippen molar-refractivity contribution in [3.63, 3.8) is 0 Å². The lowest BCUT2D eigenvalue weighted by molar-refractivity contribution is -0.385. The Morgan fingerprint density at radius 1 is 1.22 bits per heavy atom. The number of nitro groups is 1. The van der Waals surface area contributed by atoms with Crippen molar-refractivity contribution in [2.45, 2.75) is 24.8 Å². The van der Waals surface area contributed by atoms with Gasteiger partial charge in [0.25, 0.3) is 5.69 Å². The number of nitrogens with two attached hydrogens (primary N) is 1. The van der Waals surface area contributed by atoms with E-state index in [0.29, 0.717) is 6.42 Å². The topological polar surface area (TPSA) is 133 Å². The Hall–Kier alpha value is -2.98. The van der Waals surface area contributed by atoms with Gasteiger partial charge in [-0.05, 0) is 18.1 Å². The van der Waals surface area contributed by atoms with E-state index in [0.717, 1.165) is 22.6 Å². The maximum atomic E-state index is 12.5. The van der Waals surface area contributed by atoms with Gasteiger partial charge < -0.3 is 4.74 Å². The van der Waals surface area contributed by atoms with E-state index in [2.05, 4.69) is 0 Å². The second-order valence-corrected chi connectivity index (χ2v) is 7.18. The second kappa shape index (κ2) is 8.60. The molecule has 0 heterocycles. The Morgan fingerprint density at radius 2 is 1.89 bits per heavy atom. The Bertz CT molecular complexity index is 931. The standard InChI is InChI=1S/C17H19N3O6S/c1-2-10-19(17(21)26-12-13-6-4-3-5-7-13)15-9-8-14(20(22)23)11-16(15)27(18,24)25/h3-9,11H,2,10,12H2,1H3,(H2,18,24,25). The molecule has 27 heavy (non-hydrogen) atoms. The van der Waals surface area contributed by atoms with Crippen LogP contribution in [-0.2, 0) is 21.4 Å². The van der Waals surface area contributed by atoms with Crippen molar-refractivity contribution >= 4 is 27.5 Å². The summed E-state index contributed by atoms with van der Waals surface area (Å²) in [4.78, 5) is 23.3. The van der Waals surface area contributed by atoms with Crippen LogP contribution in [0.15, 0.2) is 53.4 Å². The van der Waals surface area contributed by atoms with Gasteiger partial charge in [-0.3, -0.25) is 15.0 Å². The number of non-ortho nitro benzene ring substituents is 1. The number of nitro benzene ring substituents is 1. The molecule has 0 fully saturated rings. The van der Waals surface area contributed by atoms with Crippen molar-refractivity contribution in [2.24, 2.45) is 5.14 Å². The minimum Gasteiger partial charge on any atom is -0.444 e. The molecule has 2 aromatic rings. The minimum absolute atomic E-state index is 0.00240. The summed E-state index contributed by atoms with van der Waals surface area (Å²) in [7, 11) is -4.31. The van der Waals surface area contributed by atoms with Crippen LogP contribution in [0.3, 0.4) is 0 Å². The number of anilines is 1. The number of carbonyl (C=O) groups is 1. The van der Waals surface area contributed by atoms with Crippen molar-refractivity contribution < 1.29 is 22.9 Å². The first kappa shape index (κ1) is 20.3. The lowest BCUT2D eigenvalue weighted by atomic mass is 10.2. The zero-order valence-corrected chi connectivity index (χ0v) is 15.4. The van der Waals surface area contributed by atoms with Crippen LogP contribution in [0.1, 0.15) is 18.9 Å². The number of nitrogens with zero attached hydrogens (tertiary/aromatic N) is 2. The molecular weight excluding hydrogens is 374 g/mol. The van der Waals surface area contributed by atoms with Crippen LogP contribution in [0.25, 0.3) is 0 Å². The van der Waals surface area contributed by atoms with Crippen molar-refractivity contribution in [1.29, 1.82) is 0 Å². The fourth-order valence-electron chi connectivity index (χ4n) is 2.40. The number of sulfonamides is 1. The van der Waals surface area contributed by atoms with E-state index < -0.39 is 31.6 Å². The fourth-order valence-corrected chi connectivity index (χ4v) is 3.15. The molecule has 0 atom stereocenters. The summed E-state index contributed by atoms with van der Waals surface area (Å²) >= 11 is 0. The van der Waals surface area contributed by atoms with Crippen LogP contribution in [0.2, 0.25) is 0 Å². The summed E-state index contributed by atoms with van der Waals surface area (Å²) in [5, 5.41) is 16.1. The zero-order valence-electron chi connectivity index (χ0n) is 14.6. The van der Waals surface area contributed by atoms with Crippen molar-refractivity contribution in [3.8, 4) is 0 Å². The molecule has 0 radical (unpaired) electrons. The SMILES string of the molecule is CCCN(C(=O)OCc1ccccc1)c1ccc([N+](=O)[O-])cc1S(N)(=O)=O. The summed E-state index contributed by atoms with van der Waals surface area (Å²) in [6.45, 7) is 1.94. The molecule has 0 unspecified atom stereocenters. The van der Waals surface area contributed by atoms with E-state index >= 15 is 0 Å². The van der Waals surface area contributed by atoms with Gasteiger partial charge in [0.15, 0.2) is 0 Å². The lowest BCUT2D eigenvalue weighted by Crippen LogP contribution is -2.34. The number of amides is 1. The molecule has 1 amide bonds. The monoisotopic (exact) mass is 393 g/mol. The van der Waals surface area contributed by atoms with E-state index in [1.54, 1.807) is 31.2 Å². The third kappa shape index (κ3) is 5.25. The lowest BCUT2D eigenvalue weighted by Gasteiger charge is -2.23. The third-order valence-electron chi connectivity index (χ3n) is 3.62. The molecule has 0 saturated heterocycles. The molecule has 0 saturated carbocycles. The molecule has 10 heteroatoms. The molecule has 0 aliphatic heterocycles. The maximum absolute atomic E-state index is 12.5. The fraction of sp³-hybridized carbons (Fsp3) is 0.235. The second-order valence-electron chi connectivity index (χ2n) is 5.65. The number of hydrogen-bond donors (Lipinski definition) is 1. The summed E-state index contributed by atoms with van der Waals surface area (Å²) < 4.78 is 29.1. The van der Waals surface area contributed by atoms with Gasteiger partial charge in [-0.15, -0.1) is 0 Å². The first-order chi connectivity index (χ1) is 12.7. The van der Waals surface area contributed by atoms with Gasteiger partial charge >= 0.3 is 6.09 Å². The Labute approximate surface area is 156 Å². The van der Waals surface area contributed by atoms with Gasteiger partial charge in [0.2, 0.25) is 10.0 Å². The van der Waals surface area contributed by atoms with Crippen LogP contribution < -0.4 is 10.0 Å². The number of benzene rings is 2. The molecule has 0 aliphatic rings. The van der Waals surface area contributed by atoms with Crippen LogP contribution in [0.4, 0.5) is 16.2 Å². The predicted molar refractivity (Wildman–Crippen MR) is 98.7 cm³/mol. The molecule has 0 bridgehead atoms. The summed E-state index contributed by atoms with van der Waals surface area (Å²) in [5.74, 6) is 0. The molecule has 2 rings (SSSR count). The number of primary sulfonamides is 1. The van der Waals surface area contributed by atoms with Crippen LogP contribution in [0, 0.1) is 10.1 Å². The Kier molecular flexibility index (Phi) is 6.48. The minimum atomic E-state index is -4.31. The third-order valence-corrected chi connectivity index (χ3v) is 4.56. The predicted octanol–water partition coefficient (Wildman–Crippen LogP) is 2.80. The van der Waals surface area contributed by atoms with Crippen molar-refractivity contribution in [2.75, 3.05) is 11.4 Å². The number of carbonyl (C=O) groups excluding carboxylic acids is 1. The molecule has 144 valence electrons. The molecule has 2 N–H and O–H groups in total.